The van der Waals surface area contributed by atoms with Gasteiger partial charge in [-0.05, 0) is 62.2 Å². The summed E-state index contributed by atoms with van der Waals surface area (Å²) in [5.74, 6) is 0.472. The summed E-state index contributed by atoms with van der Waals surface area (Å²) >= 11 is 1.82. The van der Waals surface area contributed by atoms with Crippen molar-refractivity contribution in [2.75, 3.05) is 32.7 Å². The first kappa shape index (κ1) is 18.7. The van der Waals surface area contributed by atoms with Gasteiger partial charge in [-0.3, -0.25) is 14.4 Å². The molecule has 0 aliphatic carbocycles. The average Bonchev–Trinajstić information content (AvgIpc) is 3.39. The molecule has 0 saturated carbocycles. The zero-order valence-electron chi connectivity index (χ0n) is 15.8. The van der Waals surface area contributed by atoms with E-state index in [-0.39, 0.29) is 5.91 Å². The molecule has 2 saturated heterocycles. The molecule has 4 heterocycles. The van der Waals surface area contributed by atoms with Gasteiger partial charge < -0.3 is 10.6 Å². The SMILES string of the molecule is O=C(NCC1CCCN(Cc2cccs2)C1)c1ccn(C2CCCNC2)n1. The van der Waals surface area contributed by atoms with E-state index in [1.165, 1.54) is 17.7 Å². The molecule has 2 fully saturated rings. The third-order valence-corrected chi connectivity index (χ3v) is 6.46. The molecule has 6 nitrogen and oxygen atoms in total. The summed E-state index contributed by atoms with van der Waals surface area (Å²) in [5, 5.41) is 13.2. The first-order chi connectivity index (χ1) is 13.3. The molecule has 146 valence electrons. The van der Waals surface area contributed by atoms with Crippen LogP contribution in [0.4, 0.5) is 0 Å². The molecule has 2 aromatic heterocycles. The number of piperidine rings is 2. The molecule has 0 spiro atoms. The minimum absolute atomic E-state index is 0.0482. The Morgan fingerprint density at radius 2 is 2.30 bits per heavy atom. The van der Waals surface area contributed by atoms with Crippen LogP contribution in [0.1, 0.15) is 47.1 Å². The zero-order valence-corrected chi connectivity index (χ0v) is 16.6. The predicted molar refractivity (Wildman–Crippen MR) is 108 cm³/mol. The normalized spacial score (nSPS) is 24.0. The molecular formula is C20H29N5OS. The van der Waals surface area contributed by atoms with Gasteiger partial charge in [0.25, 0.3) is 5.91 Å². The van der Waals surface area contributed by atoms with Crippen molar-refractivity contribution < 1.29 is 4.79 Å². The molecule has 0 aromatic carbocycles. The molecule has 2 N–H and O–H groups in total. The van der Waals surface area contributed by atoms with E-state index in [9.17, 15) is 4.79 Å². The molecule has 0 radical (unpaired) electrons. The molecule has 27 heavy (non-hydrogen) atoms. The van der Waals surface area contributed by atoms with E-state index in [2.05, 4.69) is 38.1 Å². The number of hydrogen-bond acceptors (Lipinski definition) is 5. The van der Waals surface area contributed by atoms with E-state index in [1.807, 2.05) is 28.3 Å². The number of aromatic nitrogens is 2. The average molecular weight is 388 g/mol. The lowest BCUT2D eigenvalue weighted by atomic mass is 9.98. The highest BCUT2D eigenvalue weighted by Crippen LogP contribution is 2.20. The van der Waals surface area contributed by atoms with E-state index in [0.29, 0.717) is 17.7 Å². The van der Waals surface area contributed by atoms with E-state index in [0.717, 1.165) is 52.1 Å². The highest BCUT2D eigenvalue weighted by molar-refractivity contribution is 7.09. The Morgan fingerprint density at radius 1 is 1.33 bits per heavy atom. The molecule has 7 heteroatoms. The number of hydrogen-bond donors (Lipinski definition) is 2. The Kier molecular flexibility index (Phi) is 6.21. The summed E-state index contributed by atoms with van der Waals surface area (Å²) < 4.78 is 1.95. The predicted octanol–water partition coefficient (Wildman–Crippen LogP) is 2.51. The van der Waals surface area contributed by atoms with Gasteiger partial charge in [0.1, 0.15) is 5.69 Å². The van der Waals surface area contributed by atoms with Gasteiger partial charge in [-0.1, -0.05) is 6.07 Å². The number of carbonyl (C=O) groups excluding carboxylic acids is 1. The molecule has 2 unspecified atom stereocenters. The number of amides is 1. The summed E-state index contributed by atoms with van der Waals surface area (Å²) in [6.07, 6.45) is 6.61. The highest BCUT2D eigenvalue weighted by Gasteiger charge is 2.22. The van der Waals surface area contributed by atoms with Crippen LogP contribution in [0.15, 0.2) is 29.8 Å². The van der Waals surface area contributed by atoms with Crippen LogP contribution >= 0.6 is 11.3 Å². The Balaban J connectivity index is 1.25. The van der Waals surface area contributed by atoms with Crippen LogP contribution < -0.4 is 10.6 Å². The van der Waals surface area contributed by atoms with E-state index >= 15 is 0 Å². The standard InChI is InChI=1S/C20H29N5OS/c26-20(19-7-10-25(23-19)17-5-1-8-21-13-17)22-12-16-4-2-9-24(14-16)15-18-6-3-11-27-18/h3,6-7,10-11,16-17,21H,1-2,4-5,8-9,12-15H2,(H,22,26). The van der Waals surface area contributed by atoms with Crippen LogP contribution in [0, 0.1) is 5.92 Å². The zero-order chi connectivity index (χ0) is 18.5. The number of nitrogens with one attached hydrogen (secondary N) is 2. The first-order valence-electron chi connectivity index (χ1n) is 10.1. The van der Waals surface area contributed by atoms with Crippen molar-refractivity contribution in [1.82, 2.24) is 25.3 Å². The Morgan fingerprint density at radius 3 is 3.11 bits per heavy atom. The molecular weight excluding hydrogens is 358 g/mol. The Labute approximate surface area is 164 Å². The van der Waals surface area contributed by atoms with Crippen LogP contribution in [0.2, 0.25) is 0 Å². The first-order valence-corrected chi connectivity index (χ1v) is 10.9. The number of likely N-dealkylation sites (tertiary alicyclic amines) is 1. The molecule has 1 amide bonds. The molecule has 2 atom stereocenters. The maximum absolute atomic E-state index is 12.5. The number of rotatable bonds is 6. The summed E-state index contributed by atoms with van der Waals surface area (Å²) in [6.45, 7) is 5.99. The minimum atomic E-state index is -0.0482. The maximum atomic E-state index is 12.5. The smallest absolute Gasteiger partial charge is 0.271 e. The van der Waals surface area contributed by atoms with Crippen LogP contribution in [0.3, 0.4) is 0 Å². The molecule has 4 rings (SSSR count). The molecule has 2 aliphatic rings. The van der Waals surface area contributed by atoms with E-state index in [1.54, 1.807) is 0 Å². The van der Waals surface area contributed by atoms with Gasteiger partial charge in [0.05, 0.1) is 6.04 Å². The fraction of sp³-hybridized carbons (Fsp3) is 0.600. The fourth-order valence-electron chi connectivity index (χ4n) is 4.13. The summed E-state index contributed by atoms with van der Waals surface area (Å²) in [6, 6.07) is 6.52. The van der Waals surface area contributed by atoms with Crippen molar-refractivity contribution in [3.05, 3.63) is 40.3 Å². The van der Waals surface area contributed by atoms with Gasteiger partial charge in [-0.15, -0.1) is 11.3 Å². The van der Waals surface area contributed by atoms with Crippen molar-refractivity contribution in [1.29, 1.82) is 0 Å². The summed E-state index contributed by atoms with van der Waals surface area (Å²) in [7, 11) is 0. The second-order valence-electron chi connectivity index (χ2n) is 7.71. The Bertz CT molecular complexity index is 723. The largest absolute Gasteiger partial charge is 0.350 e. The van der Waals surface area contributed by atoms with Crippen molar-refractivity contribution >= 4 is 17.2 Å². The lowest BCUT2D eigenvalue weighted by Gasteiger charge is -2.32. The third-order valence-electron chi connectivity index (χ3n) is 5.60. The topological polar surface area (TPSA) is 62.2 Å². The lowest BCUT2D eigenvalue weighted by Crippen LogP contribution is -2.40. The second kappa shape index (κ2) is 8.99. The van der Waals surface area contributed by atoms with Crippen LogP contribution in [0.25, 0.3) is 0 Å². The van der Waals surface area contributed by atoms with Crippen molar-refractivity contribution in [2.24, 2.45) is 5.92 Å². The minimum Gasteiger partial charge on any atom is -0.350 e. The van der Waals surface area contributed by atoms with Gasteiger partial charge in [-0.25, -0.2) is 0 Å². The summed E-state index contributed by atoms with van der Waals surface area (Å²) in [4.78, 5) is 16.4. The highest BCUT2D eigenvalue weighted by atomic mass is 32.1. The lowest BCUT2D eigenvalue weighted by molar-refractivity contribution is 0.0924. The van der Waals surface area contributed by atoms with Crippen molar-refractivity contribution in [3.8, 4) is 0 Å². The molecule has 2 aromatic rings. The quantitative estimate of drug-likeness (QED) is 0.800. The van der Waals surface area contributed by atoms with Gasteiger partial charge in [-0.2, -0.15) is 5.10 Å². The number of carbonyl (C=O) groups is 1. The van der Waals surface area contributed by atoms with Crippen LogP contribution in [-0.4, -0.2) is 53.3 Å². The van der Waals surface area contributed by atoms with E-state index < -0.39 is 0 Å². The van der Waals surface area contributed by atoms with Crippen molar-refractivity contribution in [3.63, 3.8) is 0 Å². The van der Waals surface area contributed by atoms with Gasteiger partial charge in [0.15, 0.2) is 0 Å². The van der Waals surface area contributed by atoms with Crippen molar-refractivity contribution in [2.45, 2.75) is 38.3 Å². The Hall–Kier alpha value is -1.70. The van der Waals surface area contributed by atoms with E-state index in [4.69, 9.17) is 0 Å². The fourth-order valence-corrected chi connectivity index (χ4v) is 4.88. The second-order valence-corrected chi connectivity index (χ2v) is 8.75. The monoisotopic (exact) mass is 387 g/mol. The van der Waals surface area contributed by atoms with Gasteiger partial charge in [0, 0.05) is 37.3 Å². The maximum Gasteiger partial charge on any atom is 0.271 e. The summed E-state index contributed by atoms with van der Waals surface area (Å²) in [5.41, 5.74) is 0.534. The van der Waals surface area contributed by atoms with Crippen LogP contribution in [-0.2, 0) is 6.54 Å². The molecule has 0 bridgehead atoms. The van der Waals surface area contributed by atoms with Gasteiger partial charge in [0.2, 0.25) is 0 Å². The number of nitrogens with zero attached hydrogens (tertiary/aromatic N) is 3. The van der Waals surface area contributed by atoms with Crippen LogP contribution in [0.5, 0.6) is 0 Å². The molecule has 2 aliphatic heterocycles. The third kappa shape index (κ3) is 4.97. The number of thiophene rings is 1. The van der Waals surface area contributed by atoms with Gasteiger partial charge >= 0.3 is 0 Å².